The third kappa shape index (κ3) is 4.18. The fourth-order valence-electron chi connectivity index (χ4n) is 3.17. The number of methoxy groups -OCH3 is 1. The number of ether oxygens (including phenoxy) is 3. The summed E-state index contributed by atoms with van der Waals surface area (Å²) in [5, 5.41) is 0.971. The zero-order valence-corrected chi connectivity index (χ0v) is 17.5. The molecule has 150 valence electrons. The van der Waals surface area contributed by atoms with Crippen LogP contribution in [-0.4, -0.2) is 49.3 Å². The van der Waals surface area contributed by atoms with Crippen LogP contribution in [0, 0.1) is 13.8 Å². The lowest BCUT2D eigenvalue weighted by atomic mass is 10.1. The van der Waals surface area contributed by atoms with Gasteiger partial charge in [0.25, 0.3) is 5.91 Å². The molecule has 8 heteroatoms. The number of carbonyl (C=O) groups excluding carboxylic acids is 2. The number of esters is 1. The van der Waals surface area contributed by atoms with Crippen molar-refractivity contribution in [1.82, 2.24) is 4.98 Å². The number of nitrogens with zero attached hydrogens (tertiary/aromatic N) is 2. The normalized spacial score (nSPS) is 17.1. The van der Waals surface area contributed by atoms with Crippen LogP contribution in [0.5, 0.6) is 5.75 Å². The average Bonchev–Trinajstić information content (AvgIpc) is 2.97. The number of fused-ring (bicyclic) bond motifs is 1. The molecular weight excluding hydrogens is 380 g/mol. The molecule has 1 aromatic heterocycles. The van der Waals surface area contributed by atoms with Crippen LogP contribution < -0.4 is 9.64 Å². The number of aromatic nitrogens is 1. The van der Waals surface area contributed by atoms with E-state index in [0.29, 0.717) is 18.0 Å². The Kier molecular flexibility index (Phi) is 6.00. The molecule has 0 aliphatic carbocycles. The van der Waals surface area contributed by atoms with Gasteiger partial charge < -0.3 is 14.2 Å². The molecule has 0 saturated carbocycles. The maximum Gasteiger partial charge on any atom is 0.326 e. The third-order valence-corrected chi connectivity index (χ3v) is 5.25. The molecule has 0 N–H and O–H groups in total. The van der Waals surface area contributed by atoms with Gasteiger partial charge in [-0.05, 0) is 45.9 Å². The molecule has 0 fully saturated rings. The number of carbonyl (C=O) groups is 2. The Hall–Kier alpha value is -2.45. The zero-order valence-electron chi connectivity index (χ0n) is 16.6. The lowest BCUT2D eigenvalue weighted by molar-refractivity contribution is -0.149. The summed E-state index contributed by atoms with van der Waals surface area (Å²) < 4.78 is 16.0. The molecule has 1 aliphatic heterocycles. The van der Waals surface area contributed by atoms with Crippen LogP contribution in [0.25, 0.3) is 11.3 Å². The minimum atomic E-state index is -0.675. The van der Waals surface area contributed by atoms with Crippen LogP contribution in [-0.2, 0) is 19.1 Å². The topological polar surface area (TPSA) is 78.0 Å². The lowest BCUT2D eigenvalue weighted by Crippen LogP contribution is -2.47. The summed E-state index contributed by atoms with van der Waals surface area (Å²) in [6.07, 6.45) is -1.07. The van der Waals surface area contributed by atoms with Gasteiger partial charge in [-0.1, -0.05) is 0 Å². The first-order valence-electron chi connectivity index (χ1n) is 9.05. The van der Waals surface area contributed by atoms with Crippen molar-refractivity contribution in [2.45, 2.75) is 39.9 Å². The number of aryl methyl sites for hydroxylation is 2. The van der Waals surface area contributed by atoms with Gasteiger partial charge in [-0.25, -0.2) is 4.98 Å². The Morgan fingerprint density at radius 2 is 2.14 bits per heavy atom. The summed E-state index contributed by atoms with van der Waals surface area (Å²) in [5.41, 5.74) is 2.28. The predicted molar refractivity (Wildman–Crippen MR) is 107 cm³/mol. The monoisotopic (exact) mass is 404 g/mol. The Labute approximate surface area is 168 Å². The smallest absolute Gasteiger partial charge is 0.326 e. The maximum atomic E-state index is 12.7. The molecule has 0 bridgehead atoms. The molecule has 2 aromatic rings. The van der Waals surface area contributed by atoms with Gasteiger partial charge in [-0.3, -0.25) is 14.5 Å². The first-order chi connectivity index (χ1) is 13.3. The Bertz CT molecular complexity index is 895. The van der Waals surface area contributed by atoms with E-state index in [0.717, 1.165) is 21.1 Å². The second-order valence-electron chi connectivity index (χ2n) is 6.76. The quantitative estimate of drug-likeness (QED) is 0.689. The molecular formula is C20H24N2O5S. The number of rotatable bonds is 6. The number of amides is 1. The fourth-order valence-corrected chi connectivity index (χ4v) is 4.01. The lowest BCUT2D eigenvalue weighted by Gasteiger charge is -2.32. The van der Waals surface area contributed by atoms with Crippen LogP contribution in [0.4, 0.5) is 5.69 Å². The van der Waals surface area contributed by atoms with Crippen LogP contribution >= 0.6 is 11.3 Å². The molecule has 0 radical (unpaired) electrons. The summed E-state index contributed by atoms with van der Waals surface area (Å²) in [7, 11) is 1.54. The Balaban J connectivity index is 1.91. The minimum absolute atomic E-state index is 0.188. The van der Waals surface area contributed by atoms with E-state index in [1.807, 2.05) is 32.0 Å². The molecule has 2 heterocycles. The van der Waals surface area contributed by atoms with Crippen molar-refractivity contribution in [2.24, 2.45) is 0 Å². The van der Waals surface area contributed by atoms with E-state index in [2.05, 4.69) is 4.98 Å². The van der Waals surface area contributed by atoms with Crippen molar-refractivity contribution in [2.75, 3.05) is 25.2 Å². The Morgan fingerprint density at radius 1 is 1.39 bits per heavy atom. The van der Waals surface area contributed by atoms with Gasteiger partial charge >= 0.3 is 5.97 Å². The van der Waals surface area contributed by atoms with Crippen LogP contribution in [0.15, 0.2) is 18.2 Å². The van der Waals surface area contributed by atoms with E-state index in [1.54, 1.807) is 25.2 Å². The highest BCUT2D eigenvalue weighted by Crippen LogP contribution is 2.38. The van der Waals surface area contributed by atoms with Crippen molar-refractivity contribution in [1.29, 1.82) is 0 Å². The van der Waals surface area contributed by atoms with E-state index in [-0.39, 0.29) is 12.5 Å². The van der Waals surface area contributed by atoms with Gasteiger partial charge in [-0.2, -0.15) is 0 Å². The molecule has 3 rings (SSSR count). The first-order valence-corrected chi connectivity index (χ1v) is 9.86. The molecule has 1 aliphatic rings. The van der Waals surface area contributed by atoms with E-state index < -0.39 is 18.2 Å². The number of benzene rings is 1. The second kappa shape index (κ2) is 8.28. The number of anilines is 1. The SMILES string of the molecule is COCC(C)OC(=O)CN1C(=O)C(C)Oc2ccc(-c3nc(C)sc3C)cc21. The highest BCUT2D eigenvalue weighted by Gasteiger charge is 2.34. The van der Waals surface area contributed by atoms with Crippen molar-refractivity contribution in [3.63, 3.8) is 0 Å². The van der Waals surface area contributed by atoms with Crippen LogP contribution in [0.3, 0.4) is 0 Å². The Morgan fingerprint density at radius 3 is 2.79 bits per heavy atom. The molecule has 1 amide bonds. The molecule has 0 spiro atoms. The van der Waals surface area contributed by atoms with Gasteiger partial charge in [0.15, 0.2) is 6.10 Å². The number of hydrogen-bond donors (Lipinski definition) is 0. The maximum absolute atomic E-state index is 12.7. The average molecular weight is 404 g/mol. The van der Waals surface area contributed by atoms with Gasteiger partial charge in [0.2, 0.25) is 0 Å². The highest BCUT2D eigenvalue weighted by atomic mass is 32.1. The summed E-state index contributed by atoms with van der Waals surface area (Å²) in [5.74, 6) is -0.227. The fraction of sp³-hybridized carbons (Fsp3) is 0.450. The van der Waals surface area contributed by atoms with E-state index in [9.17, 15) is 9.59 Å². The van der Waals surface area contributed by atoms with E-state index in [4.69, 9.17) is 14.2 Å². The molecule has 2 atom stereocenters. The number of hydrogen-bond acceptors (Lipinski definition) is 7. The molecule has 7 nitrogen and oxygen atoms in total. The summed E-state index contributed by atoms with van der Waals surface area (Å²) in [6, 6.07) is 5.57. The van der Waals surface area contributed by atoms with Gasteiger partial charge in [-0.15, -0.1) is 11.3 Å². The summed E-state index contributed by atoms with van der Waals surface area (Å²) in [6.45, 7) is 7.48. The summed E-state index contributed by atoms with van der Waals surface area (Å²) >= 11 is 1.62. The highest BCUT2D eigenvalue weighted by molar-refractivity contribution is 7.11. The van der Waals surface area contributed by atoms with Crippen molar-refractivity contribution < 1.29 is 23.8 Å². The van der Waals surface area contributed by atoms with Gasteiger partial charge in [0.1, 0.15) is 18.4 Å². The largest absolute Gasteiger partial charge is 0.479 e. The van der Waals surface area contributed by atoms with Crippen molar-refractivity contribution in [3.8, 4) is 17.0 Å². The number of thiazole rings is 1. The molecule has 28 heavy (non-hydrogen) atoms. The van der Waals surface area contributed by atoms with Gasteiger partial charge in [0.05, 0.1) is 23.0 Å². The van der Waals surface area contributed by atoms with Crippen molar-refractivity contribution in [3.05, 3.63) is 28.1 Å². The van der Waals surface area contributed by atoms with Crippen molar-refractivity contribution >= 4 is 28.9 Å². The van der Waals surface area contributed by atoms with Gasteiger partial charge in [0, 0.05) is 17.6 Å². The second-order valence-corrected chi connectivity index (χ2v) is 8.17. The van der Waals surface area contributed by atoms with Crippen LogP contribution in [0.2, 0.25) is 0 Å². The van der Waals surface area contributed by atoms with Crippen LogP contribution in [0.1, 0.15) is 23.7 Å². The summed E-state index contributed by atoms with van der Waals surface area (Å²) in [4.78, 5) is 32.1. The first kappa shape index (κ1) is 20.3. The molecule has 2 unspecified atom stereocenters. The predicted octanol–water partition coefficient (Wildman–Crippen LogP) is 3.12. The molecule has 1 aromatic carbocycles. The van der Waals surface area contributed by atoms with E-state index in [1.165, 1.54) is 12.0 Å². The molecule has 0 saturated heterocycles. The standard InChI is InChI=1S/C20H24N2O5S/c1-11(10-25-5)26-18(23)9-22-16-8-15(19-13(3)28-14(4)21-19)6-7-17(16)27-12(2)20(22)24/h6-8,11-12H,9-10H2,1-5H3. The minimum Gasteiger partial charge on any atom is -0.479 e. The zero-order chi connectivity index (χ0) is 20.4. The van der Waals surface area contributed by atoms with E-state index >= 15 is 0 Å². The third-order valence-electron chi connectivity index (χ3n) is 4.37.